The van der Waals surface area contributed by atoms with Crippen LogP contribution in [0.15, 0.2) is 23.6 Å². The largest absolute Gasteiger partial charge is 0.292 e. The normalized spacial score (nSPS) is 12.5. The molecule has 3 rings (SSSR count). The van der Waals surface area contributed by atoms with Crippen molar-refractivity contribution in [2.45, 2.75) is 11.8 Å². The molecule has 2 aromatic heterocycles. The summed E-state index contributed by atoms with van der Waals surface area (Å²) >= 11 is 16.9. The maximum absolute atomic E-state index is 11.7. The molecule has 0 aliphatic carbocycles. The predicted molar refractivity (Wildman–Crippen MR) is 93.3 cm³/mol. The lowest BCUT2D eigenvalue weighted by atomic mass is 10.2. The van der Waals surface area contributed by atoms with Gasteiger partial charge in [0.2, 0.25) is 16.8 Å². The summed E-state index contributed by atoms with van der Waals surface area (Å²) in [6.07, 6.45) is 0. The molecule has 1 atom stereocenters. The molecule has 9 heteroatoms. The Balaban J connectivity index is 2.03. The average Bonchev–Trinajstić information content (AvgIpc) is 3.01. The van der Waals surface area contributed by atoms with Gasteiger partial charge in [-0.3, -0.25) is 10.1 Å². The predicted octanol–water partition coefficient (Wildman–Crippen LogP) is 4.49. The molecule has 0 saturated carbocycles. The lowest BCUT2D eigenvalue weighted by molar-refractivity contribution is -0.115. The zero-order valence-corrected chi connectivity index (χ0v) is 15.1. The van der Waals surface area contributed by atoms with Crippen LogP contribution >= 0.6 is 50.5 Å². The Morgan fingerprint density at radius 2 is 2.23 bits per heavy atom. The first-order chi connectivity index (χ1) is 10.5. The molecule has 1 aromatic carbocycles. The third-order valence-electron chi connectivity index (χ3n) is 2.88. The molecule has 2 heterocycles. The van der Waals surface area contributed by atoms with Gasteiger partial charge in [-0.15, -0.1) is 16.4 Å². The summed E-state index contributed by atoms with van der Waals surface area (Å²) in [7, 11) is 0. The van der Waals surface area contributed by atoms with E-state index in [4.69, 9.17) is 23.2 Å². The number of alkyl halides is 1. The lowest BCUT2D eigenvalue weighted by Gasteiger charge is -2.03. The van der Waals surface area contributed by atoms with E-state index in [2.05, 4.69) is 31.3 Å². The molecule has 1 N–H and O–H groups in total. The summed E-state index contributed by atoms with van der Waals surface area (Å²) < 4.78 is 1.64. The lowest BCUT2D eigenvalue weighted by Crippen LogP contribution is -2.20. The fraction of sp³-hybridized carbons (Fsp3) is 0.154. The third-order valence-corrected chi connectivity index (χ3v) is 4.68. The molecule has 5 nitrogen and oxygen atoms in total. The van der Waals surface area contributed by atoms with Crippen LogP contribution < -0.4 is 5.32 Å². The smallest absolute Gasteiger partial charge is 0.250 e. The van der Waals surface area contributed by atoms with Crippen molar-refractivity contribution in [2.24, 2.45) is 0 Å². The topological polar surface area (TPSA) is 59.3 Å². The highest BCUT2D eigenvalue weighted by Crippen LogP contribution is 2.33. The van der Waals surface area contributed by atoms with Gasteiger partial charge in [-0.2, -0.15) is 4.98 Å². The van der Waals surface area contributed by atoms with Crippen LogP contribution in [0.5, 0.6) is 0 Å². The number of halogens is 3. The number of anilines is 1. The second-order valence-corrected chi connectivity index (χ2v) is 7.53. The van der Waals surface area contributed by atoms with Gasteiger partial charge in [-0.25, -0.2) is 4.52 Å². The molecule has 0 radical (unpaired) electrons. The highest BCUT2D eigenvalue weighted by molar-refractivity contribution is 9.10. The molecular formula is C13H9BrCl2N4OS. The zero-order chi connectivity index (χ0) is 15.9. The van der Waals surface area contributed by atoms with E-state index < -0.39 is 0 Å². The van der Waals surface area contributed by atoms with Crippen molar-refractivity contribution in [2.75, 3.05) is 5.32 Å². The number of benzene rings is 1. The fourth-order valence-corrected chi connectivity index (χ4v) is 3.15. The third kappa shape index (κ3) is 2.99. The van der Waals surface area contributed by atoms with Crippen LogP contribution in [0.25, 0.3) is 16.2 Å². The van der Waals surface area contributed by atoms with Crippen molar-refractivity contribution >= 4 is 67.3 Å². The second kappa shape index (κ2) is 6.16. The Labute approximate surface area is 148 Å². The number of carbonyl (C=O) groups excluding carboxylic acids is 1. The van der Waals surface area contributed by atoms with E-state index in [0.29, 0.717) is 15.0 Å². The SMILES string of the molecule is CC(Br)C(=O)Nc1nc2scc(-c3cc(Cl)ccc3Cl)n2n1. The van der Waals surface area contributed by atoms with Gasteiger partial charge in [0.25, 0.3) is 0 Å². The van der Waals surface area contributed by atoms with Gasteiger partial charge < -0.3 is 0 Å². The van der Waals surface area contributed by atoms with Crippen molar-refractivity contribution in [3.8, 4) is 11.3 Å². The Morgan fingerprint density at radius 3 is 2.95 bits per heavy atom. The Morgan fingerprint density at radius 1 is 1.45 bits per heavy atom. The van der Waals surface area contributed by atoms with Crippen LogP contribution in [0.1, 0.15) is 6.92 Å². The Bertz CT molecular complexity index is 861. The van der Waals surface area contributed by atoms with Crippen LogP contribution in [0.2, 0.25) is 10.0 Å². The van der Waals surface area contributed by atoms with Crippen molar-refractivity contribution in [1.29, 1.82) is 0 Å². The minimum Gasteiger partial charge on any atom is -0.292 e. The first-order valence-corrected chi connectivity index (χ1v) is 8.75. The summed E-state index contributed by atoms with van der Waals surface area (Å²) in [5.41, 5.74) is 1.53. The Hall–Kier alpha value is -1.15. The highest BCUT2D eigenvalue weighted by Gasteiger charge is 2.16. The number of hydrogen-bond donors (Lipinski definition) is 1. The standard InChI is InChI=1S/C13H9BrCl2N4OS/c1-6(14)11(21)17-12-18-13-20(19-12)10(5-22-13)8-4-7(15)2-3-9(8)16/h2-6H,1H3,(H,17,19,21). The van der Waals surface area contributed by atoms with E-state index in [1.54, 1.807) is 29.6 Å². The fourth-order valence-electron chi connectivity index (χ4n) is 1.82. The van der Waals surface area contributed by atoms with Crippen LogP contribution in [0.3, 0.4) is 0 Å². The minimum atomic E-state index is -0.323. The van der Waals surface area contributed by atoms with Crippen molar-refractivity contribution in [3.05, 3.63) is 33.6 Å². The number of aromatic nitrogens is 3. The van der Waals surface area contributed by atoms with Crippen LogP contribution in [0, 0.1) is 0 Å². The molecule has 0 saturated heterocycles. The number of carbonyl (C=O) groups is 1. The van der Waals surface area contributed by atoms with Crippen molar-refractivity contribution in [1.82, 2.24) is 14.6 Å². The molecule has 0 aliphatic rings. The molecule has 22 heavy (non-hydrogen) atoms. The summed E-state index contributed by atoms with van der Waals surface area (Å²) in [6, 6.07) is 5.22. The van der Waals surface area contributed by atoms with E-state index in [1.807, 2.05) is 5.38 Å². The van der Waals surface area contributed by atoms with Crippen LogP contribution in [-0.4, -0.2) is 25.3 Å². The number of amides is 1. The summed E-state index contributed by atoms with van der Waals surface area (Å²) in [6.45, 7) is 1.73. The maximum atomic E-state index is 11.7. The van der Waals surface area contributed by atoms with Crippen LogP contribution in [0.4, 0.5) is 5.95 Å². The molecule has 114 valence electrons. The molecular weight excluding hydrogens is 411 g/mol. The van der Waals surface area contributed by atoms with E-state index in [1.165, 1.54) is 11.3 Å². The number of nitrogens with one attached hydrogen (secondary N) is 1. The van der Waals surface area contributed by atoms with Gasteiger partial charge >= 0.3 is 0 Å². The number of thiazole rings is 1. The number of nitrogens with zero attached hydrogens (tertiary/aromatic N) is 3. The second-order valence-electron chi connectivity index (χ2n) is 4.48. The number of hydrogen-bond acceptors (Lipinski definition) is 4. The molecule has 0 aliphatic heterocycles. The molecule has 1 amide bonds. The minimum absolute atomic E-state index is 0.208. The molecule has 3 aromatic rings. The molecule has 0 bridgehead atoms. The molecule has 0 fully saturated rings. The monoisotopic (exact) mass is 418 g/mol. The summed E-state index contributed by atoms with van der Waals surface area (Å²) in [5.74, 6) is 0.0446. The van der Waals surface area contributed by atoms with Gasteiger partial charge in [0, 0.05) is 16.0 Å². The van der Waals surface area contributed by atoms with Gasteiger partial charge in [-0.1, -0.05) is 39.1 Å². The molecule has 1 unspecified atom stereocenters. The number of fused-ring (bicyclic) bond motifs is 1. The van der Waals surface area contributed by atoms with Gasteiger partial charge in [0.05, 0.1) is 15.5 Å². The maximum Gasteiger partial charge on any atom is 0.250 e. The van der Waals surface area contributed by atoms with E-state index >= 15 is 0 Å². The Kier molecular flexibility index (Phi) is 4.40. The molecule has 0 spiro atoms. The first kappa shape index (κ1) is 15.7. The van der Waals surface area contributed by atoms with E-state index in [-0.39, 0.29) is 16.7 Å². The van der Waals surface area contributed by atoms with Gasteiger partial charge in [-0.05, 0) is 25.1 Å². The summed E-state index contributed by atoms with van der Waals surface area (Å²) in [5, 5.41) is 9.99. The van der Waals surface area contributed by atoms with Gasteiger partial charge in [0.15, 0.2) is 0 Å². The zero-order valence-electron chi connectivity index (χ0n) is 11.2. The average molecular weight is 420 g/mol. The van der Waals surface area contributed by atoms with Crippen molar-refractivity contribution in [3.63, 3.8) is 0 Å². The quantitative estimate of drug-likeness (QED) is 0.636. The summed E-state index contributed by atoms with van der Waals surface area (Å²) in [4.78, 5) is 16.3. The van der Waals surface area contributed by atoms with Gasteiger partial charge in [0.1, 0.15) is 0 Å². The first-order valence-electron chi connectivity index (χ1n) is 6.20. The van der Waals surface area contributed by atoms with Crippen LogP contribution in [-0.2, 0) is 4.79 Å². The highest BCUT2D eigenvalue weighted by atomic mass is 79.9. The van der Waals surface area contributed by atoms with E-state index in [9.17, 15) is 4.79 Å². The number of rotatable bonds is 3. The van der Waals surface area contributed by atoms with Crippen molar-refractivity contribution < 1.29 is 4.79 Å². The van der Waals surface area contributed by atoms with E-state index in [0.717, 1.165) is 11.3 Å².